The monoisotopic (exact) mass is 248 g/mol. The number of nitrogens with one attached hydrogen (secondary N) is 1. The predicted octanol–water partition coefficient (Wildman–Crippen LogP) is 1.62. The average molecular weight is 248 g/mol. The van der Waals surface area contributed by atoms with Gasteiger partial charge in [0.25, 0.3) is 0 Å². The average Bonchev–Trinajstić information content (AvgIpc) is 3.03. The minimum atomic E-state index is 0.690. The third-order valence-corrected chi connectivity index (χ3v) is 4.44. The Kier molecular flexibility index (Phi) is 3.66. The van der Waals surface area contributed by atoms with Crippen molar-refractivity contribution >= 4 is 0 Å². The molecule has 2 aliphatic rings. The van der Waals surface area contributed by atoms with Crippen molar-refractivity contribution in [1.29, 1.82) is 0 Å². The lowest BCUT2D eigenvalue weighted by Gasteiger charge is -2.32. The van der Waals surface area contributed by atoms with E-state index >= 15 is 0 Å². The van der Waals surface area contributed by atoms with E-state index < -0.39 is 0 Å². The van der Waals surface area contributed by atoms with Crippen LogP contribution in [0.3, 0.4) is 0 Å². The van der Waals surface area contributed by atoms with Crippen LogP contribution in [0, 0.1) is 0 Å². The van der Waals surface area contributed by atoms with Crippen LogP contribution in [0.1, 0.15) is 38.2 Å². The maximum atomic E-state index is 4.33. The summed E-state index contributed by atoms with van der Waals surface area (Å²) in [6.07, 6.45) is 9.64. The van der Waals surface area contributed by atoms with Gasteiger partial charge in [0.2, 0.25) is 0 Å². The highest BCUT2D eigenvalue weighted by Gasteiger charge is 2.34. The van der Waals surface area contributed by atoms with E-state index in [0.717, 1.165) is 19.1 Å². The molecule has 0 aromatic carbocycles. The minimum Gasteiger partial charge on any atom is -0.308 e. The van der Waals surface area contributed by atoms with Crippen LogP contribution < -0.4 is 5.32 Å². The number of aromatic nitrogens is 2. The first-order valence-electron chi connectivity index (χ1n) is 7.35. The van der Waals surface area contributed by atoms with Crippen LogP contribution >= 0.6 is 0 Å². The van der Waals surface area contributed by atoms with Crippen molar-refractivity contribution in [2.24, 2.45) is 0 Å². The summed E-state index contributed by atoms with van der Waals surface area (Å²) in [5.41, 5.74) is 1.31. The van der Waals surface area contributed by atoms with Crippen molar-refractivity contribution in [3.05, 3.63) is 18.0 Å². The van der Waals surface area contributed by atoms with Gasteiger partial charge in [-0.2, -0.15) is 5.10 Å². The van der Waals surface area contributed by atoms with Crippen LogP contribution in [-0.2, 0) is 13.1 Å². The van der Waals surface area contributed by atoms with Gasteiger partial charge in [-0.15, -0.1) is 0 Å². The van der Waals surface area contributed by atoms with E-state index in [9.17, 15) is 0 Å². The molecule has 0 saturated carbocycles. The van der Waals surface area contributed by atoms with Gasteiger partial charge in [-0.1, -0.05) is 6.42 Å². The van der Waals surface area contributed by atoms with E-state index in [1.165, 1.54) is 44.3 Å². The van der Waals surface area contributed by atoms with Crippen molar-refractivity contribution in [3.63, 3.8) is 0 Å². The molecule has 100 valence electrons. The molecule has 2 fully saturated rings. The topological polar surface area (TPSA) is 33.1 Å². The van der Waals surface area contributed by atoms with Crippen LogP contribution in [0.15, 0.2) is 12.4 Å². The van der Waals surface area contributed by atoms with E-state index in [-0.39, 0.29) is 0 Å². The largest absolute Gasteiger partial charge is 0.308 e. The van der Waals surface area contributed by atoms with Gasteiger partial charge in [-0.05, 0) is 32.7 Å². The van der Waals surface area contributed by atoms with Crippen molar-refractivity contribution in [2.75, 3.05) is 13.1 Å². The van der Waals surface area contributed by atoms with Crippen molar-refractivity contribution in [2.45, 2.75) is 57.8 Å². The van der Waals surface area contributed by atoms with E-state index in [4.69, 9.17) is 0 Å². The van der Waals surface area contributed by atoms with Crippen LogP contribution in [0.4, 0.5) is 0 Å². The Hall–Kier alpha value is -0.870. The molecule has 1 N–H and O–H groups in total. The molecule has 1 aromatic rings. The summed E-state index contributed by atoms with van der Waals surface area (Å²) in [6.45, 7) is 6.66. The maximum absolute atomic E-state index is 4.33. The molecule has 0 amide bonds. The lowest BCUT2D eigenvalue weighted by Crippen LogP contribution is -2.44. The first kappa shape index (κ1) is 12.2. The van der Waals surface area contributed by atoms with Crippen LogP contribution in [-0.4, -0.2) is 39.9 Å². The van der Waals surface area contributed by atoms with E-state index in [2.05, 4.69) is 28.4 Å². The Bertz CT molecular complexity index is 387. The lowest BCUT2D eigenvalue weighted by atomic mass is 9.99. The Balaban J connectivity index is 1.53. The van der Waals surface area contributed by atoms with E-state index in [1.807, 2.05) is 10.9 Å². The number of hydrogen-bond donors (Lipinski definition) is 1. The quantitative estimate of drug-likeness (QED) is 0.879. The predicted molar refractivity (Wildman–Crippen MR) is 72.4 cm³/mol. The molecular weight excluding hydrogens is 224 g/mol. The molecule has 2 atom stereocenters. The molecule has 4 nitrogen and oxygen atoms in total. The second-order valence-electron chi connectivity index (χ2n) is 5.58. The molecule has 0 spiro atoms. The van der Waals surface area contributed by atoms with Crippen LogP contribution in [0.25, 0.3) is 0 Å². The molecule has 2 saturated heterocycles. The molecule has 2 unspecified atom stereocenters. The minimum absolute atomic E-state index is 0.690. The standard InChI is InChI=1S/C14H24N4/c1-2-18-11-12(10-16-18)9-15-13-6-8-17-7-4-3-5-14(13)17/h10-11,13-15H,2-9H2,1H3. The molecule has 0 bridgehead atoms. The van der Waals surface area contributed by atoms with Gasteiger partial charge in [-0.3, -0.25) is 9.58 Å². The molecule has 4 heteroatoms. The molecule has 0 aliphatic carbocycles. The Morgan fingerprint density at radius 1 is 1.33 bits per heavy atom. The van der Waals surface area contributed by atoms with Crippen molar-refractivity contribution < 1.29 is 0 Å². The van der Waals surface area contributed by atoms with Gasteiger partial charge in [0, 0.05) is 43.5 Å². The Morgan fingerprint density at radius 3 is 3.11 bits per heavy atom. The number of nitrogens with zero attached hydrogens (tertiary/aromatic N) is 3. The van der Waals surface area contributed by atoms with Crippen LogP contribution in [0.5, 0.6) is 0 Å². The van der Waals surface area contributed by atoms with E-state index in [1.54, 1.807) is 0 Å². The van der Waals surface area contributed by atoms with Gasteiger partial charge in [0.1, 0.15) is 0 Å². The SMILES string of the molecule is CCn1cc(CNC2CCN3CCCCC23)cn1. The third kappa shape index (κ3) is 2.45. The van der Waals surface area contributed by atoms with Gasteiger partial charge in [0.05, 0.1) is 6.20 Å². The maximum Gasteiger partial charge on any atom is 0.0534 e. The summed E-state index contributed by atoms with van der Waals surface area (Å²) in [7, 11) is 0. The number of fused-ring (bicyclic) bond motifs is 1. The highest BCUT2D eigenvalue weighted by Crippen LogP contribution is 2.27. The molecule has 3 rings (SSSR count). The summed E-state index contributed by atoms with van der Waals surface area (Å²) >= 11 is 0. The van der Waals surface area contributed by atoms with Gasteiger partial charge in [-0.25, -0.2) is 0 Å². The smallest absolute Gasteiger partial charge is 0.0534 e. The number of aryl methyl sites for hydroxylation is 1. The fourth-order valence-corrected chi connectivity index (χ4v) is 3.41. The second-order valence-corrected chi connectivity index (χ2v) is 5.58. The molecule has 1 aromatic heterocycles. The zero-order chi connectivity index (χ0) is 12.4. The number of rotatable bonds is 4. The van der Waals surface area contributed by atoms with Crippen molar-refractivity contribution in [1.82, 2.24) is 20.0 Å². The molecule has 2 aliphatic heterocycles. The highest BCUT2D eigenvalue weighted by atomic mass is 15.3. The van der Waals surface area contributed by atoms with Crippen molar-refractivity contribution in [3.8, 4) is 0 Å². The van der Waals surface area contributed by atoms with Gasteiger partial charge >= 0.3 is 0 Å². The molecular formula is C14H24N4. The number of piperidine rings is 1. The molecule has 3 heterocycles. The number of hydrogen-bond acceptors (Lipinski definition) is 3. The summed E-state index contributed by atoms with van der Waals surface area (Å²) < 4.78 is 2.00. The summed E-state index contributed by atoms with van der Waals surface area (Å²) in [5, 5.41) is 8.07. The summed E-state index contributed by atoms with van der Waals surface area (Å²) in [4.78, 5) is 2.68. The molecule has 0 radical (unpaired) electrons. The summed E-state index contributed by atoms with van der Waals surface area (Å²) in [6, 6.07) is 1.48. The third-order valence-electron chi connectivity index (χ3n) is 4.44. The second kappa shape index (κ2) is 5.41. The lowest BCUT2D eigenvalue weighted by molar-refractivity contribution is 0.180. The zero-order valence-electron chi connectivity index (χ0n) is 11.3. The van der Waals surface area contributed by atoms with Crippen LogP contribution in [0.2, 0.25) is 0 Å². The summed E-state index contributed by atoms with van der Waals surface area (Å²) in [5.74, 6) is 0. The fourth-order valence-electron chi connectivity index (χ4n) is 3.41. The zero-order valence-corrected chi connectivity index (χ0v) is 11.3. The normalized spacial score (nSPS) is 28.5. The fraction of sp³-hybridized carbons (Fsp3) is 0.786. The molecule has 18 heavy (non-hydrogen) atoms. The Morgan fingerprint density at radius 2 is 2.28 bits per heavy atom. The highest BCUT2D eigenvalue weighted by molar-refractivity contribution is 5.04. The first-order chi connectivity index (χ1) is 8.86. The first-order valence-corrected chi connectivity index (χ1v) is 7.35. The van der Waals surface area contributed by atoms with E-state index in [0.29, 0.717) is 6.04 Å². The van der Waals surface area contributed by atoms with Gasteiger partial charge in [0.15, 0.2) is 0 Å². The van der Waals surface area contributed by atoms with Gasteiger partial charge < -0.3 is 5.32 Å². The Labute approximate surface area is 109 Å².